The topological polar surface area (TPSA) is 69.7 Å². The van der Waals surface area contributed by atoms with E-state index in [1.165, 1.54) is 17.0 Å². The lowest BCUT2D eigenvalue weighted by atomic mass is 9.77. The fourth-order valence-electron chi connectivity index (χ4n) is 4.83. The quantitative estimate of drug-likeness (QED) is 0.371. The molecule has 39 heavy (non-hydrogen) atoms. The van der Waals surface area contributed by atoms with Gasteiger partial charge in [-0.15, -0.1) is 0 Å². The second-order valence-corrected chi connectivity index (χ2v) is 13.2. The van der Waals surface area contributed by atoms with Crippen molar-refractivity contribution in [2.75, 3.05) is 32.9 Å². The molecule has 1 atom stereocenters. The first kappa shape index (κ1) is 32.0. The Morgan fingerprint density at radius 1 is 1.05 bits per heavy atom. The van der Waals surface area contributed by atoms with Gasteiger partial charge in [-0.2, -0.15) is 13.2 Å². The molecule has 1 heterocycles. The van der Waals surface area contributed by atoms with Crippen LogP contribution in [0.15, 0.2) is 36.4 Å². The third-order valence-corrected chi connectivity index (χ3v) is 8.86. The monoisotopic (exact) mass is 627 g/mol. The van der Waals surface area contributed by atoms with Crippen molar-refractivity contribution in [3.05, 3.63) is 68.2 Å². The molecule has 1 amide bonds. The number of piperidine rings is 1. The fourth-order valence-corrected chi connectivity index (χ4v) is 6.19. The molecule has 3 rings (SSSR count). The van der Waals surface area contributed by atoms with E-state index in [1.807, 2.05) is 0 Å². The molecule has 0 saturated carbocycles. The van der Waals surface area contributed by atoms with Crippen molar-refractivity contribution < 1.29 is 26.4 Å². The second-order valence-electron chi connectivity index (χ2n) is 10.2. The number of carbonyl (C=O) groups is 1. The normalized spacial score (nSPS) is 17.2. The molecular formula is C26H31Cl3F3N3O3S. The van der Waals surface area contributed by atoms with E-state index in [0.717, 1.165) is 12.3 Å². The Bertz CT molecular complexity index is 1300. The fraction of sp³-hybridized carbons (Fsp3) is 0.500. The Balaban J connectivity index is 1.80. The van der Waals surface area contributed by atoms with Crippen molar-refractivity contribution >= 4 is 50.7 Å². The summed E-state index contributed by atoms with van der Waals surface area (Å²) >= 11 is 18.2. The third-order valence-electron chi connectivity index (χ3n) is 7.03. The van der Waals surface area contributed by atoms with Gasteiger partial charge >= 0.3 is 6.18 Å². The summed E-state index contributed by atoms with van der Waals surface area (Å²) in [6, 6.07) is 8.45. The molecule has 1 aliphatic rings. The van der Waals surface area contributed by atoms with E-state index in [-0.39, 0.29) is 23.5 Å². The van der Waals surface area contributed by atoms with Crippen LogP contribution in [0.2, 0.25) is 15.1 Å². The summed E-state index contributed by atoms with van der Waals surface area (Å²) in [7, 11) is -1.75. The van der Waals surface area contributed by atoms with Gasteiger partial charge in [0, 0.05) is 19.6 Å². The van der Waals surface area contributed by atoms with Crippen LogP contribution in [0.5, 0.6) is 0 Å². The Morgan fingerprint density at radius 3 is 2.23 bits per heavy atom. The smallest absolute Gasteiger partial charge is 0.341 e. The van der Waals surface area contributed by atoms with Crippen LogP contribution in [0.25, 0.3) is 0 Å². The molecule has 1 fully saturated rings. The number of hydrogen-bond acceptors (Lipinski definition) is 4. The van der Waals surface area contributed by atoms with Crippen LogP contribution in [-0.4, -0.2) is 63.1 Å². The minimum atomic E-state index is -4.62. The van der Waals surface area contributed by atoms with E-state index in [2.05, 4.69) is 9.62 Å². The van der Waals surface area contributed by atoms with Crippen LogP contribution >= 0.6 is 34.8 Å². The van der Waals surface area contributed by atoms with E-state index in [9.17, 15) is 26.4 Å². The molecule has 1 unspecified atom stereocenters. The van der Waals surface area contributed by atoms with Crippen LogP contribution in [0.1, 0.15) is 42.9 Å². The number of hydrogen-bond donors (Lipinski definition) is 1. The van der Waals surface area contributed by atoms with Gasteiger partial charge < -0.3 is 9.80 Å². The molecule has 6 nitrogen and oxygen atoms in total. The molecule has 1 saturated heterocycles. The number of benzene rings is 2. The zero-order valence-electron chi connectivity index (χ0n) is 21.8. The minimum absolute atomic E-state index is 0.0570. The Kier molecular flexibility index (Phi) is 10.3. The molecule has 2 aromatic rings. The van der Waals surface area contributed by atoms with Gasteiger partial charge in [0.1, 0.15) is 0 Å². The first-order valence-electron chi connectivity index (χ1n) is 12.3. The summed E-state index contributed by atoms with van der Waals surface area (Å²) in [5.74, 6) is -0.293. The molecule has 0 spiro atoms. The van der Waals surface area contributed by atoms with Crippen molar-refractivity contribution in [3.8, 4) is 0 Å². The molecule has 216 valence electrons. The number of alkyl halides is 3. The van der Waals surface area contributed by atoms with Crippen molar-refractivity contribution in [1.29, 1.82) is 0 Å². The SMILES string of the molecule is CN(Cc1ccc(Cl)c(C(F)(F)F)c1)C(=O)C(C)(CCN1CCC(NS(C)(=O)=O)CC1)c1ccc(Cl)c(Cl)c1. The van der Waals surface area contributed by atoms with Crippen LogP contribution in [0.4, 0.5) is 13.2 Å². The Morgan fingerprint density at radius 2 is 1.67 bits per heavy atom. The van der Waals surface area contributed by atoms with Crippen molar-refractivity contribution in [2.24, 2.45) is 0 Å². The summed E-state index contributed by atoms with van der Waals surface area (Å²) < 4.78 is 65.8. The number of carbonyl (C=O) groups excluding carboxylic acids is 1. The lowest BCUT2D eigenvalue weighted by molar-refractivity contribution is -0.137. The van der Waals surface area contributed by atoms with Crippen LogP contribution in [-0.2, 0) is 33.0 Å². The maximum absolute atomic E-state index is 13.9. The molecule has 2 aromatic carbocycles. The molecule has 1 aliphatic heterocycles. The zero-order chi connectivity index (χ0) is 29.2. The van der Waals surface area contributed by atoms with Gasteiger partial charge in [-0.05, 0) is 81.2 Å². The maximum atomic E-state index is 13.9. The average Bonchev–Trinajstić information content (AvgIpc) is 2.84. The number of likely N-dealkylation sites (tertiary alicyclic amines) is 1. The zero-order valence-corrected chi connectivity index (χ0v) is 24.9. The highest BCUT2D eigenvalue weighted by Gasteiger charge is 2.39. The first-order chi connectivity index (χ1) is 18.0. The van der Waals surface area contributed by atoms with E-state index < -0.39 is 32.2 Å². The number of sulfonamides is 1. The number of nitrogens with one attached hydrogen (secondary N) is 1. The van der Waals surface area contributed by atoms with E-state index in [0.29, 0.717) is 55.0 Å². The van der Waals surface area contributed by atoms with Gasteiger partial charge in [-0.1, -0.05) is 46.9 Å². The Labute approximate surface area is 242 Å². The molecule has 0 aromatic heterocycles. The molecule has 0 aliphatic carbocycles. The highest BCUT2D eigenvalue weighted by molar-refractivity contribution is 7.88. The van der Waals surface area contributed by atoms with Gasteiger partial charge in [-0.25, -0.2) is 13.1 Å². The predicted octanol–water partition coefficient (Wildman–Crippen LogP) is 5.99. The van der Waals surface area contributed by atoms with Gasteiger partial charge in [0.25, 0.3) is 0 Å². The average molecular weight is 629 g/mol. The highest BCUT2D eigenvalue weighted by atomic mass is 35.5. The first-order valence-corrected chi connectivity index (χ1v) is 15.3. The standard InChI is InChI=1S/C26H31Cl3F3N3O3S/c1-25(18-5-7-22(28)23(29)15-18,10-13-35-11-8-19(9-12-35)33-39(3,37)38)24(36)34(2)16-17-4-6-21(27)20(14-17)26(30,31)32/h4-7,14-15,19,33H,8-13,16H2,1-3H3. The van der Waals surface area contributed by atoms with Crippen molar-refractivity contribution in [2.45, 2.75) is 50.4 Å². The number of halogens is 6. The van der Waals surface area contributed by atoms with Crippen LogP contribution in [0.3, 0.4) is 0 Å². The van der Waals surface area contributed by atoms with Crippen LogP contribution in [0, 0.1) is 0 Å². The third kappa shape index (κ3) is 8.47. The molecule has 0 bridgehead atoms. The largest absolute Gasteiger partial charge is 0.417 e. The summed E-state index contributed by atoms with van der Waals surface area (Å²) in [5, 5.41) is 0.220. The number of likely N-dealkylation sites (N-methyl/N-ethyl adjacent to an activating group) is 1. The highest BCUT2D eigenvalue weighted by Crippen LogP contribution is 2.37. The molecular weight excluding hydrogens is 598 g/mol. The van der Waals surface area contributed by atoms with Gasteiger partial charge in [0.15, 0.2) is 0 Å². The van der Waals surface area contributed by atoms with Gasteiger partial charge in [0.05, 0.1) is 32.3 Å². The summed E-state index contributed by atoms with van der Waals surface area (Å²) in [5.41, 5.74) is -1.10. The summed E-state index contributed by atoms with van der Waals surface area (Å²) in [4.78, 5) is 17.5. The molecule has 13 heteroatoms. The second kappa shape index (κ2) is 12.5. The maximum Gasteiger partial charge on any atom is 0.417 e. The predicted molar refractivity (Wildman–Crippen MR) is 149 cm³/mol. The van der Waals surface area contributed by atoms with E-state index in [4.69, 9.17) is 34.8 Å². The Hall–Kier alpha value is -1.56. The molecule has 0 radical (unpaired) electrons. The van der Waals surface area contributed by atoms with Crippen molar-refractivity contribution in [1.82, 2.24) is 14.5 Å². The number of amides is 1. The van der Waals surface area contributed by atoms with Gasteiger partial charge in [0.2, 0.25) is 15.9 Å². The summed E-state index contributed by atoms with van der Waals surface area (Å²) in [6.45, 7) is 3.57. The van der Waals surface area contributed by atoms with E-state index in [1.54, 1.807) is 32.2 Å². The lowest BCUT2D eigenvalue weighted by Crippen LogP contribution is -2.48. The lowest BCUT2D eigenvalue weighted by Gasteiger charge is -2.37. The molecule has 1 N–H and O–H groups in total. The number of rotatable bonds is 9. The van der Waals surface area contributed by atoms with Gasteiger partial charge in [-0.3, -0.25) is 4.79 Å². The minimum Gasteiger partial charge on any atom is -0.341 e. The number of nitrogens with zero attached hydrogens (tertiary/aromatic N) is 2. The van der Waals surface area contributed by atoms with Crippen molar-refractivity contribution in [3.63, 3.8) is 0 Å². The summed E-state index contributed by atoms with van der Waals surface area (Å²) in [6.07, 6.45) is -1.80. The van der Waals surface area contributed by atoms with E-state index >= 15 is 0 Å². The van der Waals surface area contributed by atoms with Crippen LogP contribution < -0.4 is 4.72 Å².